The average molecular weight is 267 g/mol. The maximum absolute atomic E-state index is 10.7. The molecule has 7 heteroatoms. The minimum atomic E-state index is -3.33. The van der Waals surface area contributed by atoms with Crippen molar-refractivity contribution in [2.45, 2.75) is 0 Å². The Labute approximate surface area is 97.9 Å². The molecule has 1 N–H and O–H groups in total. The van der Waals surface area contributed by atoms with Crippen LogP contribution in [0.15, 0.2) is 23.3 Å². The number of nitrogens with zero attached hydrogens (tertiary/aromatic N) is 1. The molecule has 0 spiro atoms. The van der Waals surface area contributed by atoms with E-state index in [1.54, 1.807) is 18.2 Å². The van der Waals surface area contributed by atoms with E-state index in [0.717, 1.165) is 6.26 Å². The molecule has 0 amide bonds. The van der Waals surface area contributed by atoms with Gasteiger partial charge in [-0.1, -0.05) is 29.3 Å². The van der Waals surface area contributed by atoms with Crippen molar-refractivity contribution >= 4 is 39.4 Å². The molecule has 4 nitrogen and oxygen atoms in total. The summed E-state index contributed by atoms with van der Waals surface area (Å²) in [5, 5.41) is 4.42. The summed E-state index contributed by atoms with van der Waals surface area (Å²) in [6.07, 6.45) is 2.31. The number of benzene rings is 1. The fourth-order valence-electron chi connectivity index (χ4n) is 0.798. The van der Waals surface area contributed by atoms with Crippen LogP contribution in [0.5, 0.6) is 0 Å². The van der Waals surface area contributed by atoms with Crippen LogP contribution >= 0.6 is 23.2 Å². The van der Waals surface area contributed by atoms with Gasteiger partial charge in [-0.25, -0.2) is 13.2 Å². The van der Waals surface area contributed by atoms with E-state index >= 15 is 0 Å². The zero-order valence-electron chi connectivity index (χ0n) is 7.74. The van der Waals surface area contributed by atoms with E-state index in [2.05, 4.69) is 5.10 Å². The number of hydrazone groups is 1. The van der Waals surface area contributed by atoms with Crippen LogP contribution < -0.4 is 4.83 Å². The second-order valence-corrected chi connectivity index (χ2v) is 5.36. The maximum Gasteiger partial charge on any atom is 0.244 e. The number of nitrogens with one attached hydrogen (secondary N) is 1. The van der Waals surface area contributed by atoms with Gasteiger partial charge in [0, 0.05) is 10.6 Å². The number of hydrogen-bond donors (Lipinski definition) is 1. The number of halogens is 2. The third-order valence-corrected chi connectivity index (χ3v) is 2.38. The molecule has 0 bridgehead atoms. The highest BCUT2D eigenvalue weighted by Gasteiger charge is 1.99. The lowest BCUT2D eigenvalue weighted by Gasteiger charge is -1.98. The van der Waals surface area contributed by atoms with Gasteiger partial charge in [-0.2, -0.15) is 5.10 Å². The fraction of sp³-hybridized carbons (Fsp3) is 0.125. The molecule has 0 heterocycles. The third-order valence-electron chi connectivity index (χ3n) is 1.38. The van der Waals surface area contributed by atoms with Crippen molar-refractivity contribution in [3.05, 3.63) is 33.8 Å². The molecule has 0 fully saturated rings. The Kier molecular flexibility index (Phi) is 3.96. The molecular weight excluding hydrogens is 259 g/mol. The monoisotopic (exact) mass is 266 g/mol. The summed E-state index contributed by atoms with van der Waals surface area (Å²) in [7, 11) is -3.33. The lowest BCUT2D eigenvalue weighted by Crippen LogP contribution is -2.15. The largest absolute Gasteiger partial charge is 0.244 e. The van der Waals surface area contributed by atoms with Gasteiger partial charge in [0.05, 0.1) is 17.5 Å². The molecule has 0 saturated carbocycles. The Morgan fingerprint density at radius 1 is 1.40 bits per heavy atom. The first-order valence-corrected chi connectivity index (χ1v) is 6.48. The second kappa shape index (κ2) is 4.83. The molecule has 0 unspecified atom stereocenters. The molecule has 0 aliphatic heterocycles. The van der Waals surface area contributed by atoms with Crippen LogP contribution in [0.2, 0.25) is 10.0 Å². The predicted octanol–water partition coefficient (Wildman–Crippen LogP) is 1.88. The van der Waals surface area contributed by atoms with Gasteiger partial charge in [-0.05, 0) is 12.1 Å². The minimum Gasteiger partial charge on any atom is -0.206 e. The molecule has 0 aromatic heterocycles. The van der Waals surface area contributed by atoms with Gasteiger partial charge in [-0.3, -0.25) is 0 Å². The first kappa shape index (κ1) is 12.3. The van der Waals surface area contributed by atoms with Crippen molar-refractivity contribution in [2.24, 2.45) is 5.10 Å². The van der Waals surface area contributed by atoms with Crippen molar-refractivity contribution in [3.63, 3.8) is 0 Å². The molecule has 0 radical (unpaired) electrons. The number of sulfonamides is 1. The quantitative estimate of drug-likeness (QED) is 0.671. The summed E-state index contributed by atoms with van der Waals surface area (Å²) in [5.41, 5.74) is 0.581. The van der Waals surface area contributed by atoms with E-state index < -0.39 is 10.0 Å². The smallest absolute Gasteiger partial charge is 0.206 e. The molecule has 1 aromatic rings. The SMILES string of the molecule is CS(=O)(=O)N/N=C/c1ccc(Cl)cc1Cl. The van der Waals surface area contributed by atoms with E-state index in [9.17, 15) is 8.42 Å². The highest BCUT2D eigenvalue weighted by molar-refractivity contribution is 7.88. The van der Waals surface area contributed by atoms with Crippen molar-refractivity contribution in [2.75, 3.05) is 6.26 Å². The molecular formula is C8H8Cl2N2O2S. The molecule has 1 aromatic carbocycles. The Bertz CT molecular complexity index is 485. The topological polar surface area (TPSA) is 58.5 Å². The Balaban J connectivity index is 2.82. The molecule has 0 atom stereocenters. The van der Waals surface area contributed by atoms with Gasteiger partial charge in [-0.15, -0.1) is 0 Å². The van der Waals surface area contributed by atoms with Crippen molar-refractivity contribution in [1.29, 1.82) is 0 Å². The van der Waals surface area contributed by atoms with Gasteiger partial charge < -0.3 is 0 Å². The van der Waals surface area contributed by atoms with Crippen LogP contribution in [0.4, 0.5) is 0 Å². The lowest BCUT2D eigenvalue weighted by molar-refractivity contribution is 0.591. The van der Waals surface area contributed by atoms with Crippen LogP contribution in [-0.4, -0.2) is 20.9 Å². The first-order chi connectivity index (χ1) is 6.88. The Hall–Kier alpha value is -0.780. The summed E-state index contributed by atoms with van der Waals surface area (Å²) in [4.78, 5) is 1.96. The Morgan fingerprint density at radius 3 is 2.60 bits per heavy atom. The van der Waals surface area contributed by atoms with Crippen LogP contribution in [-0.2, 0) is 10.0 Å². The highest BCUT2D eigenvalue weighted by Crippen LogP contribution is 2.19. The number of rotatable bonds is 3. The summed E-state index contributed by atoms with van der Waals surface area (Å²) in [5.74, 6) is 0. The normalized spacial score (nSPS) is 11.9. The molecule has 82 valence electrons. The van der Waals surface area contributed by atoms with E-state index in [-0.39, 0.29) is 0 Å². The van der Waals surface area contributed by atoms with E-state index in [1.807, 2.05) is 4.83 Å². The van der Waals surface area contributed by atoms with Crippen LogP contribution in [0, 0.1) is 0 Å². The van der Waals surface area contributed by atoms with Gasteiger partial charge in [0.2, 0.25) is 10.0 Å². The summed E-state index contributed by atoms with van der Waals surface area (Å²) in [6, 6.07) is 4.82. The van der Waals surface area contributed by atoms with Gasteiger partial charge in [0.1, 0.15) is 0 Å². The highest BCUT2D eigenvalue weighted by atomic mass is 35.5. The molecule has 0 saturated heterocycles. The summed E-state index contributed by atoms with van der Waals surface area (Å²) in [6.45, 7) is 0. The van der Waals surface area contributed by atoms with Crippen LogP contribution in [0.1, 0.15) is 5.56 Å². The van der Waals surface area contributed by atoms with E-state index in [4.69, 9.17) is 23.2 Å². The van der Waals surface area contributed by atoms with Crippen molar-refractivity contribution in [3.8, 4) is 0 Å². The average Bonchev–Trinajstić information content (AvgIpc) is 2.07. The minimum absolute atomic E-state index is 0.404. The van der Waals surface area contributed by atoms with E-state index in [1.165, 1.54) is 6.21 Å². The summed E-state index contributed by atoms with van der Waals surface area (Å²) >= 11 is 11.5. The summed E-state index contributed by atoms with van der Waals surface area (Å²) < 4.78 is 21.4. The van der Waals surface area contributed by atoms with Crippen LogP contribution in [0.25, 0.3) is 0 Å². The third kappa shape index (κ3) is 4.51. The van der Waals surface area contributed by atoms with Crippen molar-refractivity contribution in [1.82, 2.24) is 4.83 Å². The fourth-order valence-corrected chi connectivity index (χ4v) is 1.50. The van der Waals surface area contributed by atoms with Crippen molar-refractivity contribution < 1.29 is 8.42 Å². The number of hydrogen-bond acceptors (Lipinski definition) is 3. The van der Waals surface area contributed by atoms with E-state index in [0.29, 0.717) is 15.6 Å². The second-order valence-electron chi connectivity index (χ2n) is 2.79. The lowest BCUT2D eigenvalue weighted by atomic mass is 10.2. The predicted molar refractivity (Wildman–Crippen MR) is 62.0 cm³/mol. The molecule has 15 heavy (non-hydrogen) atoms. The zero-order valence-corrected chi connectivity index (χ0v) is 10.1. The molecule has 0 aliphatic rings. The molecule has 0 aliphatic carbocycles. The van der Waals surface area contributed by atoms with Gasteiger partial charge in [0.25, 0.3) is 0 Å². The maximum atomic E-state index is 10.7. The standard InChI is InChI=1S/C8H8Cl2N2O2S/c1-15(13,14)12-11-5-6-2-3-7(9)4-8(6)10/h2-5,12H,1H3/b11-5+. The van der Waals surface area contributed by atoms with Gasteiger partial charge >= 0.3 is 0 Å². The first-order valence-electron chi connectivity index (χ1n) is 3.83. The zero-order chi connectivity index (χ0) is 11.5. The van der Waals surface area contributed by atoms with Gasteiger partial charge in [0.15, 0.2) is 0 Å². The Morgan fingerprint density at radius 2 is 2.07 bits per heavy atom. The van der Waals surface area contributed by atoms with Crippen LogP contribution in [0.3, 0.4) is 0 Å². The molecule has 1 rings (SSSR count).